The van der Waals surface area contributed by atoms with Crippen molar-refractivity contribution >= 4 is 27.0 Å². The van der Waals surface area contributed by atoms with E-state index in [4.69, 9.17) is 5.73 Å². The number of aromatic nitrogens is 2. The minimum Gasteiger partial charge on any atom is -0.385 e. The lowest BCUT2D eigenvalue weighted by molar-refractivity contribution is 0.157. The largest absolute Gasteiger partial charge is 0.385 e. The van der Waals surface area contributed by atoms with Gasteiger partial charge in [0.2, 0.25) is 0 Å². The molecule has 0 aliphatic rings. The molecule has 1 aromatic carbocycles. The Morgan fingerprint density at radius 1 is 1.56 bits per heavy atom. The molecule has 0 aliphatic heterocycles. The highest BCUT2D eigenvalue weighted by Crippen LogP contribution is 2.23. The van der Waals surface area contributed by atoms with Gasteiger partial charge in [-0.1, -0.05) is 15.9 Å². The number of fused-ring (bicyclic) bond motifs is 1. The molecule has 1 aromatic heterocycles. The zero-order valence-corrected chi connectivity index (χ0v) is 10.6. The molecule has 5 heteroatoms. The summed E-state index contributed by atoms with van der Waals surface area (Å²) in [5.41, 5.74) is 7.32. The quantitative estimate of drug-likeness (QED) is 0.902. The topological polar surface area (TPSA) is 64.1 Å². The molecule has 0 amide bonds. The van der Waals surface area contributed by atoms with E-state index in [2.05, 4.69) is 20.9 Å². The van der Waals surface area contributed by atoms with Crippen LogP contribution in [0.3, 0.4) is 0 Å². The van der Waals surface area contributed by atoms with Crippen molar-refractivity contribution in [3.05, 3.63) is 28.5 Å². The number of aliphatic hydroxyl groups excluding tert-OH is 1. The molecule has 1 heterocycles. The maximum Gasteiger partial charge on any atom is 0.138 e. The van der Waals surface area contributed by atoms with Crippen molar-refractivity contribution < 1.29 is 5.11 Å². The number of nitrogens with two attached hydrogens (primary N) is 1. The van der Waals surface area contributed by atoms with Gasteiger partial charge in [-0.15, -0.1) is 0 Å². The normalized spacial score (nSPS) is 13.2. The van der Waals surface area contributed by atoms with Gasteiger partial charge >= 0.3 is 0 Å². The van der Waals surface area contributed by atoms with Gasteiger partial charge in [-0.05, 0) is 31.2 Å². The summed E-state index contributed by atoms with van der Waals surface area (Å²) in [7, 11) is 1.90. The second-order valence-corrected chi connectivity index (χ2v) is 4.67. The molecule has 0 aliphatic carbocycles. The molecule has 0 fully saturated rings. The van der Waals surface area contributed by atoms with E-state index in [0.29, 0.717) is 18.8 Å². The second-order valence-electron chi connectivity index (χ2n) is 3.76. The summed E-state index contributed by atoms with van der Waals surface area (Å²) in [4.78, 5) is 4.42. The van der Waals surface area contributed by atoms with Crippen LogP contribution in [0, 0.1) is 0 Å². The van der Waals surface area contributed by atoms with E-state index in [1.54, 1.807) is 0 Å². The van der Waals surface area contributed by atoms with E-state index < -0.39 is 6.10 Å². The Labute approximate surface area is 102 Å². The van der Waals surface area contributed by atoms with E-state index in [1.807, 2.05) is 29.8 Å². The van der Waals surface area contributed by atoms with Crippen LogP contribution in [-0.2, 0) is 7.05 Å². The first-order valence-electron chi connectivity index (χ1n) is 5.13. The molecule has 3 N–H and O–H groups in total. The zero-order valence-electron chi connectivity index (χ0n) is 9.02. The number of aryl methyl sites for hydroxylation is 1. The van der Waals surface area contributed by atoms with Crippen molar-refractivity contribution in [1.29, 1.82) is 0 Å². The van der Waals surface area contributed by atoms with E-state index in [1.165, 1.54) is 0 Å². The van der Waals surface area contributed by atoms with Gasteiger partial charge in [0.05, 0.1) is 11.0 Å². The fourth-order valence-electron chi connectivity index (χ4n) is 1.78. The highest BCUT2D eigenvalue weighted by Gasteiger charge is 2.15. The Morgan fingerprint density at radius 2 is 2.31 bits per heavy atom. The SMILES string of the molecule is Cn1c(C(O)CCN)nc2cc(Br)ccc21. The lowest BCUT2D eigenvalue weighted by Gasteiger charge is -2.08. The molecule has 2 aromatic rings. The van der Waals surface area contributed by atoms with Gasteiger partial charge < -0.3 is 15.4 Å². The van der Waals surface area contributed by atoms with Crippen molar-refractivity contribution in [1.82, 2.24) is 9.55 Å². The molecular formula is C11H14BrN3O. The van der Waals surface area contributed by atoms with Crippen molar-refractivity contribution in [3.8, 4) is 0 Å². The average molecular weight is 284 g/mol. The van der Waals surface area contributed by atoms with Crippen LogP contribution in [0.4, 0.5) is 0 Å². The van der Waals surface area contributed by atoms with E-state index >= 15 is 0 Å². The van der Waals surface area contributed by atoms with Crippen molar-refractivity contribution in [2.45, 2.75) is 12.5 Å². The van der Waals surface area contributed by atoms with Crippen LogP contribution >= 0.6 is 15.9 Å². The fourth-order valence-corrected chi connectivity index (χ4v) is 2.13. The van der Waals surface area contributed by atoms with Gasteiger partial charge in [0.25, 0.3) is 0 Å². The summed E-state index contributed by atoms with van der Waals surface area (Å²) >= 11 is 3.40. The van der Waals surface area contributed by atoms with Gasteiger partial charge in [0.15, 0.2) is 0 Å². The number of aliphatic hydroxyl groups is 1. The highest BCUT2D eigenvalue weighted by molar-refractivity contribution is 9.10. The van der Waals surface area contributed by atoms with E-state index in [-0.39, 0.29) is 0 Å². The molecule has 16 heavy (non-hydrogen) atoms. The standard InChI is InChI=1S/C11H14BrN3O/c1-15-9-3-2-7(12)6-8(9)14-11(15)10(16)4-5-13/h2-3,6,10,16H,4-5,13H2,1H3. The van der Waals surface area contributed by atoms with Crippen LogP contribution in [0.15, 0.2) is 22.7 Å². The molecule has 0 spiro atoms. The third-order valence-corrected chi connectivity index (χ3v) is 3.11. The Hall–Kier alpha value is -0.910. The summed E-state index contributed by atoms with van der Waals surface area (Å²) in [5.74, 6) is 0.665. The fraction of sp³-hybridized carbons (Fsp3) is 0.364. The smallest absolute Gasteiger partial charge is 0.138 e. The van der Waals surface area contributed by atoms with Gasteiger partial charge in [-0.2, -0.15) is 0 Å². The average Bonchev–Trinajstić information content (AvgIpc) is 2.56. The van der Waals surface area contributed by atoms with Crippen LogP contribution in [0.2, 0.25) is 0 Å². The minimum atomic E-state index is -0.596. The number of benzene rings is 1. The third-order valence-electron chi connectivity index (χ3n) is 2.62. The second kappa shape index (κ2) is 4.53. The monoisotopic (exact) mass is 283 g/mol. The number of hydrogen-bond donors (Lipinski definition) is 2. The van der Waals surface area contributed by atoms with Gasteiger partial charge in [0, 0.05) is 11.5 Å². The molecule has 86 valence electrons. The predicted molar refractivity (Wildman–Crippen MR) is 67.0 cm³/mol. The molecule has 2 rings (SSSR count). The van der Waals surface area contributed by atoms with E-state index in [9.17, 15) is 5.11 Å². The van der Waals surface area contributed by atoms with Gasteiger partial charge in [-0.25, -0.2) is 4.98 Å². The molecular weight excluding hydrogens is 270 g/mol. The Kier molecular flexibility index (Phi) is 3.28. The maximum atomic E-state index is 9.90. The van der Waals surface area contributed by atoms with Crippen LogP contribution in [0.5, 0.6) is 0 Å². The molecule has 0 radical (unpaired) electrons. The van der Waals surface area contributed by atoms with Gasteiger partial charge in [0.1, 0.15) is 11.9 Å². The lowest BCUT2D eigenvalue weighted by Crippen LogP contribution is -2.10. The molecule has 1 unspecified atom stereocenters. The first-order chi connectivity index (χ1) is 7.63. The van der Waals surface area contributed by atoms with Crippen LogP contribution in [0.25, 0.3) is 11.0 Å². The lowest BCUT2D eigenvalue weighted by atomic mass is 10.2. The Morgan fingerprint density at radius 3 is 3.00 bits per heavy atom. The van der Waals surface area contributed by atoms with Crippen molar-refractivity contribution in [2.75, 3.05) is 6.54 Å². The zero-order chi connectivity index (χ0) is 11.7. The number of halogens is 1. The summed E-state index contributed by atoms with van der Waals surface area (Å²) in [6.07, 6.45) is -0.0700. The summed E-state index contributed by atoms with van der Waals surface area (Å²) in [6.45, 7) is 0.452. The van der Waals surface area contributed by atoms with Crippen LogP contribution in [-0.4, -0.2) is 21.2 Å². The highest BCUT2D eigenvalue weighted by atomic mass is 79.9. The number of hydrogen-bond acceptors (Lipinski definition) is 3. The molecule has 4 nitrogen and oxygen atoms in total. The Bertz CT molecular complexity index is 509. The van der Waals surface area contributed by atoms with Crippen molar-refractivity contribution in [3.63, 3.8) is 0 Å². The molecule has 0 saturated carbocycles. The Balaban J connectivity index is 2.51. The number of imidazole rings is 1. The summed E-state index contributed by atoms with van der Waals surface area (Å²) < 4.78 is 2.89. The third kappa shape index (κ3) is 1.98. The predicted octanol–water partition coefficient (Wildman–Crippen LogP) is 1.72. The van der Waals surface area contributed by atoms with Crippen molar-refractivity contribution in [2.24, 2.45) is 12.8 Å². The summed E-state index contributed by atoms with van der Waals surface area (Å²) in [6, 6.07) is 5.88. The first kappa shape index (κ1) is 11.6. The minimum absolute atomic E-state index is 0.452. The van der Waals surface area contributed by atoms with Crippen LogP contribution < -0.4 is 5.73 Å². The van der Waals surface area contributed by atoms with E-state index in [0.717, 1.165) is 15.5 Å². The molecule has 1 atom stereocenters. The molecule has 0 saturated heterocycles. The number of rotatable bonds is 3. The number of nitrogens with zero attached hydrogens (tertiary/aromatic N) is 2. The first-order valence-corrected chi connectivity index (χ1v) is 5.93. The van der Waals surface area contributed by atoms with Crippen LogP contribution in [0.1, 0.15) is 18.3 Å². The summed E-state index contributed by atoms with van der Waals surface area (Å²) in [5, 5.41) is 9.90. The van der Waals surface area contributed by atoms with Gasteiger partial charge in [-0.3, -0.25) is 0 Å². The maximum absolute atomic E-state index is 9.90. The molecule has 0 bridgehead atoms.